The Labute approximate surface area is 86.7 Å². The van der Waals surface area contributed by atoms with Gasteiger partial charge in [-0.3, -0.25) is 0 Å². The van der Waals surface area contributed by atoms with E-state index in [4.69, 9.17) is 4.74 Å². The minimum atomic E-state index is -0.384. The van der Waals surface area contributed by atoms with Crippen LogP contribution in [0.1, 0.15) is 23.0 Å². The number of hydrogen-bond acceptors (Lipinski definition) is 4. The highest BCUT2D eigenvalue weighted by Gasteiger charge is 2.14. The maximum atomic E-state index is 11.5. The highest BCUT2D eigenvalue weighted by molar-refractivity contribution is 5.95. The van der Waals surface area contributed by atoms with Gasteiger partial charge in [0.1, 0.15) is 5.56 Å². The Kier molecular flexibility index (Phi) is 2.37. The number of carbonyl (C=O) groups is 1. The van der Waals surface area contributed by atoms with Crippen molar-refractivity contribution < 1.29 is 9.53 Å². The SMILES string of the molecule is CCOC(=O)c1cnn2c(C)ccnc12. The van der Waals surface area contributed by atoms with Gasteiger partial charge in [0.25, 0.3) is 0 Å². The van der Waals surface area contributed by atoms with Crippen LogP contribution < -0.4 is 0 Å². The van der Waals surface area contributed by atoms with Crippen molar-refractivity contribution in [2.24, 2.45) is 0 Å². The van der Waals surface area contributed by atoms with Gasteiger partial charge in [0.05, 0.1) is 12.8 Å². The summed E-state index contributed by atoms with van der Waals surface area (Å²) in [5, 5.41) is 4.07. The Hall–Kier alpha value is -1.91. The first kappa shape index (κ1) is 9.64. The van der Waals surface area contributed by atoms with Gasteiger partial charge in [0.15, 0.2) is 5.65 Å². The van der Waals surface area contributed by atoms with Gasteiger partial charge < -0.3 is 4.74 Å². The van der Waals surface area contributed by atoms with Crippen molar-refractivity contribution in [3.05, 3.63) is 29.7 Å². The number of fused-ring (bicyclic) bond motifs is 1. The number of esters is 1. The molecule has 5 heteroatoms. The fourth-order valence-electron chi connectivity index (χ4n) is 1.36. The molecule has 0 spiro atoms. The standard InChI is InChI=1S/C10H11N3O2/c1-3-15-10(14)8-6-12-13-7(2)4-5-11-9(8)13/h4-6H,3H2,1-2H3. The Morgan fingerprint density at radius 2 is 2.40 bits per heavy atom. The average Bonchev–Trinajstić information content (AvgIpc) is 2.63. The first-order valence-corrected chi connectivity index (χ1v) is 4.70. The third kappa shape index (κ3) is 1.56. The van der Waals surface area contributed by atoms with Crippen molar-refractivity contribution in [3.63, 3.8) is 0 Å². The second-order valence-electron chi connectivity index (χ2n) is 3.10. The molecule has 0 atom stereocenters. The molecule has 0 aromatic carbocycles. The molecule has 0 unspecified atom stereocenters. The normalized spacial score (nSPS) is 10.5. The first-order chi connectivity index (χ1) is 7.24. The molecule has 0 fully saturated rings. The molecule has 0 N–H and O–H groups in total. The van der Waals surface area contributed by atoms with E-state index in [9.17, 15) is 4.79 Å². The van der Waals surface area contributed by atoms with Crippen molar-refractivity contribution in [1.29, 1.82) is 0 Å². The summed E-state index contributed by atoms with van der Waals surface area (Å²) in [6.45, 7) is 4.01. The van der Waals surface area contributed by atoms with Gasteiger partial charge in [-0.25, -0.2) is 14.3 Å². The van der Waals surface area contributed by atoms with E-state index in [0.717, 1.165) is 5.69 Å². The smallest absolute Gasteiger partial charge is 0.343 e. The zero-order chi connectivity index (χ0) is 10.8. The monoisotopic (exact) mass is 205 g/mol. The molecule has 15 heavy (non-hydrogen) atoms. The second-order valence-corrected chi connectivity index (χ2v) is 3.10. The van der Waals surface area contributed by atoms with Crippen LogP contribution in [-0.4, -0.2) is 27.2 Å². The van der Waals surface area contributed by atoms with Gasteiger partial charge in [-0.2, -0.15) is 5.10 Å². The van der Waals surface area contributed by atoms with Crippen LogP contribution in [0.25, 0.3) is 5.65 Å². The number of nitrogens with zero attached hydrogens (tertiary/aromatic N) is 3. The topological polar surface area (TPSA) is 56.5 Å². The van der Waals surface area contributed by atoms with E-state index in [0.29, 0.717) is 17.8 Å². The average molecular weight is 205 g/mol. The van der Waals surface area contributed by atoms with Gasteiger partial charge in [0.2, 0.25) is 0 Å². The maximum Gasteiger partial charge on any atom is 0.343 e. The van der Waals surface area contributed by atoms with Gasteiger partial charge >= 0.3 is 5.97 Å². The largest absolute Gasteiger partial charge is 0.462 e. The number of aryl methyl sites for hydroxylation is 1. The number of hydrogen-bond donors (Lipinski definition) is 0. The molecule has 0 radical (unpaired) electrons. The van der Waals surface area contributed by atoms with Crippen LogP contribution in [0.4, 0.5) is 0 Å². The number of carbonyl (C=O) groups excluding carboxylic acids is 1. The van der Waals surface area contributed by atoms with E-state index < -0.39 is 0 Å². The zero-order valence-electron chi connectivity index (χ0n) is 8.60. The van der Waals surface area contributed by atoms with E-state index in [-0.39, 0.29) is 5.97 Å². The van der Waals surface area contributed by atoms with Crippen molar-refractivity contribution in [1.82, 2.24) is 14.6 Å². The molecule has 2 heterocycles. The van der Waals surface area contributed by atoms with Crippen molar-refractivity contribution in [3.8, 4) is 0 Å². The lowest BCUT2D eigenvalue weighted by atomic mass is 10.3. The van der Waals surface area contributed by atoms with Gasteiger partial charge in [-0.15, -0.1) is 0 Å². The van der Waals surface area contributed by atoms with E-state index in [2.05, 4.69) is 10.1 Å². The minimum Gasteiger partial charge on any atom is -0.462 e. The van der Waals surface area contributed by atoms with Gasteiger partial charge in [-0.05, 0) is 19.9 Å². The zero-order valence-corrected chi connectivity index (χ0v) is 8.60. The highest BCUT2D eigenvalue weighted by Crippen LogP contribution is 2.10. The van der Waals surface area contributed by atoms with Crippen molar-refractivity contribution in [2.75, 3.05) is 6.61 Å². The molecule has 2 aromatic rings. The fraction of sp³-hybridized carbons (Fsp3) is 0.300. The summed E-state index contributed by atoms with van der Waals surface area (Å²) in [5.74, 6) is -0.384. The van der Waals surface area contributed by atoms with E-state index in [1.165, 1.54) is 6.20 Å². The maximum absolute atomic E-state index is 11.5. The summed E-state index contributed by atoms with van der Waals surface area (Å²) in [5.41, 5.74) is 1.87. The van der Waals surface area contributed by atoms with E-state index in [1.807, 2.05) is 13.0 Å². The Morgan fingerprint density at radius 3 is 3.13 bits per heavy atom. The molecule has 0 amide bonds. The van der Waals surface area contributed by atoms with Crippen LogP contribution in [0.5, 0.6) is 0 Å². The Morgan fingerprint density at radius 1 is 1.60 bits per heavy atom. The molecule has 2 aromatic heterocycles. The van der Waals surface area contributed by atoms with Crippen LogP contribution in [0.3, 0.4) is 0 Å². The molecule has 78 valence electrons. The summed E-state index contributed by atoms with van der Waals surface area (Å²) in [6.07, 6.45) is 3.13. The third-order valence-electron chi connectivity index (χ3n) is 2.09. The molecule has 0 aliphatic rings. The van der Waals surface area contributed by atoms with Gasteiger partial charge in [-0.1, -0.05) is 0 Å². The Balaban J connectivity index is 2.54. The van der Waals surface area contributed by atoms with Crippen LogP contribution >= 0.6 is 0 Å². The predicted molar refractivity (Wildman–Crippen MR) is 53.7 cm³/mol. The summed E-state index contributed by atoms with van der Waals surface area (Å²) in [6, 6.07) is 1.83. The van der Waals surface area contributed by atoms with Crippen LogP contribution in [0, 0.1) is 6.92 Å². The van der Waals surface area contributed by atoms with E-state index >= 15 is 0 Å². The Bertz CT molecular complexity index is 504. The summed E-state index contributed by atoms with van der Waals surface area (Å²) in [7, 11) is 0. The molecule has 0 aliphatic heterocycles. The highest BCUT2D eigenvalue weighted by atomic mass is 16.5. The summed E-state index contributed by atoms with van der Waals surface area (Å²) < 4.78 is 6.52. The minimum absolute atomic E-state index is 0.349. The molecule has 0 saturated heterocycles. The van der Waals surface area contributed by atoms with Crippen LogP contribution in [-0.2, 0) is 4.74 Å². The predicted octanol–water partition coefficient (Wildman–Crippen LogP) is 1.21. The molecular formula is C10H11N3O2. The third-order valence-corrected chi connectivity index (χ3v) is 2.09. The number of ether oxygens (including phenoxy) is 1. The van der Waals surface area contributed by atoms with Crippen molar-refractivity contribution in [2.45, 2.75) is 13.8 Å². The molecule has 5 nitrogen and oxygen atoms in total. The molecular weight excluding hydrogens is 194 g/mol. The van der Waals surface area contributed by atoms with Gasteiger partial charge in [0, 0.05) is 11.9 Å². The summed E-state index contributed by atoms with van der Waals surface area (Å²) in [4.78, 5) is 15.6. The number of rotatable bonds is 2. The van der Waals surface area contributed by atoms with E-state index in [1.54, 1.807) is 17.6 Å². The second kappa shape index (κ2) is 3.68. The quantitative estimate of drug-likeness (QED) is 0.691. The lowest BCUT2D eigenvalue weighted by Gasteiger charge is -1.99. The lowest BCUT2D eigenvalue weighted by Crippen LogP contribution is -2.05. The molecule has 0 saturated carbocycles. The van der Waals surface area contributed by atoms with Crippen molar-refractivity contribution >= 4 is 11.6 Å². The summed E-state index contributed by atoms with van der Waals surface area (Å²) >= 11 is 0. The van der Waals surface area contributed by atoms with Crippen LogP contribution in [0.15, 0.2) is 18.5 Å². The molecule has 0 aliphatic carbocycles. The fourth-order valence-corrected chi connectivity index (χ4v) is 1.36. The molecule has 2 rings (SSSR count). The van der Waals surface area contributed by atoms with Crippen LogP contribution in [0.2, 0.25) is 0 Å². The lowest BCUT2D eigenvalue weighted by molar-refractivity contribution is 0.0528. The first-order valence-electron chi connectivity index (χ1n) is 4.70. The number of aromatic nitrogens is 3. The molecule has 0 bridgehead atoms.